The monoisotopic (exact) mass is 387 g/mol. The van der Waals surface area contributed by atoms with Crippen molar-refractivity contribution in [1.82, 2.24) is 15.1 Å². The lowest BCUT2D eigenvalue weighted by Gasteiger charge is -2.35. The highest BCUT2D eigenvalue weighted by atomic mass is 19.1. The van der Waals surface area contributed by atoms with Crippen LogP contribution in [0, 0.1) is 11.7 Å². The summed E-state index contributed by atoms with van der Waals surface area (Å²) in [7, 11) is 0. The van der Waals surface area contributed by atoms with Crippen LogP contribution in [0.5, 0.6) is 0 Å². The molecular formula is C21H26FN3O3. The van der Waals surface area contributed by atoms with Crippen molar-refractivity contribution >= 4 is 17.7 Å². The van der Waals surface area contributed by atoms with Gasteiger partial charge < -0.3 is 15.1 Å². The van der Waals surface area contributed by atoms with Gasteiger partial charge in [0.1, 0.15) is 5.82 Å². The van der Waals surface area contributed by atoms with Crippen LogP contribution in [0.1, 0.15) is 36.0 Å². The molecule has 1 aromatic rings. The number of hydrogen-bond donors (Lipinski definition) is 1. The molecule has 2 heterocycles. The molecule has 28 heavy (non-hydrogen) atoms. The van der Waals surface area contributed by atoms with Crippen LogP contribution in [0.2, 0.25) is 0 Å². The van der Waals surface area contributed by atoms with E-state index in [1.54, 1.807) is 21.9 Å². The van der Waals surface area contributed by atoms with Crippen molar-refractivity contribution in [1.29, 1.82) is 0 Å². The van der Waals surface area contributed by atoms with Gasteiger partial charge in [0, 0.05) is 32.2 Å². The van der Waals surface area contributed by atoms with Crippen molar-refractivity contribution in [3.05, 3.63) is 48.3 Å². The molecule has 0 aliphatic carbocycles. The van der Waals surface area contributed by atoms with Crippen LogP contribution in [0.25, 0.3) is 0 Å². The van der Waals surface area contributed by atoms with Crippen molar-refractivity contribution in [3.63, 3.8) is 0 Å². The summed E-state index contributed by atoms with van der Waals surface area (Å²) in [6.45, 7) is 5.53. The molecule has 6 nitrogen and oxygen atoms in total. The van der Waals surface area contributed by atoms with Gasteiger partial charge in [-0.05, 0) is 43.9 Å². The third-order valence-corrected chi connectivity index (χ3v) is 5.51. The molecular weight excluding hydrogens is 361 g/mol. The second-order valence-electron chi connectivity index (χ2n) is 7.38. The maximum Gasteiger partial charge on any atom is 0.256 e. The van der Waals surface area contributed by atoms with E-state index in [9.17, 15) is 18.8 Å². The lowest BCUT2D eigenvalue weighted by atomic mass is 9.95. The zero-order valence-electron chi connectivity index (χ0n) is 15.9. The number of nitrogens with zero attached hydrogens (tertiary/aromatic N) is 2. The first-order valence-corrected chi connectivity index (χ1v) is 9.75. The summed E-state index contributed by atoms with van der Waals surface area (Å²) in [5.41, 5.74) is 0.0826. The molecule has 2 fully saturated rings. The van der Waals surface area contributed by atoms with Crippen molar-refractivity contribution in [2.45, 2.75) is 31.7 Å². The van der Waals surface area contributed by atoms with E-state index in [4.69, 9.17) is 0 Å². The molecule has 0 spiro atoms. The van der Waals surface area contributed by atoms with Gasteiger partial charge in [-0.15, -0.1) is 0 Å². The number of hydrogen-bond acceptors (Lipinski definition) is 3. The summed E-state index contributed by atoms with van der Waals surface area (Å²) >= 11 is 0. The Bertz CT molecular complexity index is 759. The van der Waals surface area contributed by atoms with Gasteiger partial charge in [0.25, 0.3) is 5.91 Å². The second-order valence-corrected chi connectivity index (χ2v) is 7.38. The number of carbonyl (C=O) groups excluding carboxylic acids is 3. The molecule has 0 saturated carbocycles. The lowest BCUT2D eigenvalue weighted by molar-refractivity contribution is -0.132. The number of halogens is 1. The fraction of sp³-hybridized carbons (Fsp3) is 0.476. The Kier molecular flexibility index (Phi) is 6.44. The van der Waals surface area contributed by atoms with E-state index in [1.165, 1.54) is 18.2 Å². The van der Waals surface area contributed by atoms with Crippen molar-refractivity contribution in [3.8, 4) is 0 Å². The largest absolute Gasteiger partial charge is 0.353 e. The van der Waals surface area contributed by atoms with E-state index in [0.717, 1.165) is 12.8 Å². The first-order valence-electron chi connectivity index (χ1n) is 9.75. The number of benzene rings is 1. The Labute approximate surface area is 164 Å². The zero-order chi connectivity index (χ0) is 20.1. The molecule has 2 aliphatic rings. The van der Waals surface area contributed by atoms with Crippen LogP contribution in [-0.2, 0) is 9.59 Å². The molecule has 3 rings (SSSR count). The SMILES string of the molecule is C=CC(=O)N1CCCC(C(=O)NC2CCN(C(=O)c3ccccc3F)CC2)C1. The maximum absolute atomic E-state index is 13.8. The Morgan fingerprint density at radius 1 is 1.07 bits per heavy atom. The average Bonchev–Trinajstić information content (AvgIpc) is 2.73. The molecule has 3 amide bonds. The van der Waals surface area contributed by atoms with Gasteiger partial charge in [-0.2, -0.15) is 0 Å². The first kappa shape index (κ1) is 20.0. The van der Waals surface area contributed by atoms with Gasteiger partial charge >= 0.3 is 0 Å². The third-order valence-electron chi connectivity index (χ3n) is 5.51. The highest BCUT2D eigenvalue weighted by Crippen LogP contribution is 2.20. The smallest absolute Gasteiger partial charge is 0.256 e. The Morgan fingerprint density at radius 3 is 2.46 bits per heavy atom. The zero-order valence-corrected chi connectivity index (χ0v) is 15.9. The fourth-order valence-corrected chi connectivity index (χ4v) is 3.87. The van der Waals surface area contributed by atoms with Crippen LogP contribution in [-0.4, -0.2) is 59.7 Å². The quantitative estimate of drug-likeness (QED) is 0.803. The summed E-state index contributed by atoms with van der Waals surface area (Å²) in [6, 6.07) is 5.97. The second kappa shape index (κ2) is 8.99. The number of nitrogens with one attached hydrogen (secondary N) is 1. The molecule has 1 aromatic carbocycles. The van der Waals surface area contributed by atoms with Crippen LogP contribution in [0.15, 0.2) is 36.9 Å². The highest BCUT2D eigenvalue weighted by Gasteiger charge is 2.30. The van der Waals surface area contributed by atoms with Gasteiger partial charge in [-0.1, -0.05) is 18.7 Å². The van der Waals surface area contributed by atoms with Crippen LogP contribution >= 0.6 is 0 Å². The van der Waals surface area contributed by atoms with E-state index >= 15 is 0 Å². The van der Waals surface area contributed by atoms with E-state index in [1.807, 2.05) is 0 Å². The highest BCUT2D eigenvalue weighted by molar-refractivity contribution is 5.94. The predicted molar refractivity (Wildman–Crippen MR) is 103 cm³/mol. The molecule has 1 N–H and O–H groups in total. The van der Waals surface area contributed by atoms with Crippen molar-refractivity contribution in [2.24, 2.45) is 5.92 Å². The number of rotatable bonds is 4. The molecule has 1 unspecified atom stereocenters. The molecule has 2 aliphatic heterocycles. The fourth-order valence-electron chi connectivity index (χ4n) is 3.87. The Morgan fingerprint density at radius 2 is 1.79 bits per heavy atom. The van der Waals surface area contributed by atoms with Gasteiger partial charge in [0.05, 0.1) is 11.5 Å². The molecule has 150 valence electrons. The molecule has 0 aromatic heterocycles. The number of amides is 3. The molecule has 7 heteroatoms. The average molecular weight is 387 g/mol. The van der Waals surface area contributed by atoms with Crippen molar-refractivity contribution < 1.29 is 18.8 Å². The minimum absolute atomic E-state index is 0.0114. The van der Waals surface area contributed by atoms with E-state index < -0.39 is 5.82 Å². The van der Waals surface area contributed by atoms with Crippen molar-refractivity contribution in [2.75, 3.05) is 26.2 Å². The van der Waals surface area contributed by atoms with Gasteiger partial charge in [0.2, 0.25) is 11.8 Å². The summed E-state index contributed by atoms with van der Waals surface area (Å²) in [4.78, 5) is 40.1. The molecule has 1 atom stereocenters. The molecule has 2 saturated heterocycles. The standard InChI is InChI=1S/C21H26FN3O3/c1-2-19(26)25-11-5-6-15(14-25)20(27)23-16-9-12-24(13-10-16)21(28)17-7-3-4-8-18(17)22/h2-4,7-8,15-16H,1,5-6,9-14H2,(H,23,27). The Balaban J connectivity index is 1.49. The predicted octanol–water partition coefficient (Wildman–Crippen LogP) is 1.97. The number of piperidine rings is 2. The Hall–Kier alpha value is -2.70. The minimum Gasteiger partial charge on any atom is -0.353 e. The van der Waals surface area contributed by atoms with E-state index in [2.05, 4.69) is 11.9 Å². The summed E-state index contributed by atoms with van der Waals surface area (Å²) in [5.74, 6) is -1.22. The first-order chi connectivity index (χ1) is 13.5. The lowest BCUT2D eigenvalue weighted by Crippen LogP contribution is -2.50. The van der Waals surface area contributed by atoms with E-state index in [0.29, 0.717) is 39.0 Å². The molecule has 0 radical (unpaired) electrons. The van der Waals surface area contributed by atoms with E-state index in [-0.39, 0.29) is 35.2 Å². The van der Waals surface area contributed by atoms with Gasteiger partial charge in [-0.3, -0.25) is 14.4 Å². The normalized spacial score (nSPS) is 20.5. The minimum atomic E-state index is -0.515. The summed E-state index contributed by atoms with van der Waals surface area (Å²) < 4.78 is 13.8. The molecule has 0 bridgehead atoms. The van der Waals surface area contributed by atoms with Crippen LogP contribution < -0.4 is 5.32 Å². The summed E-state index contributed by atoms with van der Waals surface area (Å²) in [6.07, 6.45) is 4.11. The number of likely N-dealkylation sites (tertiary alicyclic amines) is 2. The summed E-state index contributed by atoms with van der Waals surface area (Å²) in [5, 5.41) is 3.06. The van der Waals surface area contributed by atoms with Gasteiger partial charge in [-0.25, -0.2) is 4.39 Å². The topological polar surface area (TPSA) is 69.7 Å². The maximum atomic E-state index is 13.8. The van der Waals surface area contributed by atoms with Crippen LogP contribution in [0.3, 0.4) is 0 Å². The number of carbonyl (C=O) groups is 3. The van der Waals surface area contributed by atoms with Gasteiger partial charge in [0.15, 0.2) is 0 Å². The van der Waals surface area contributed by atoms with Crippen LogP contribution in [0.4, 0.5) is 4.39 Å². The third kappa shape index (κ3) is 4.58.